The summed E-state index contributed by atoms with van der Waals surface area (Å²) in [5, 5.41) is 14.0. The van der Waals surface area contributed by atoms with E-state index in [1.807, 2.05) is 6.07 Å². The first-order chi connectivity index (χ1) is 15.7. The highest BCUT2D eigenvalue weighted by Crippen LogP contribution is 2.36. The average Bonchev–Trinajstić information content (AvgIpc) is 2.75. The van der Waals surface area contributed by atoms with Gasteiger partial charge in [-0.05, 0) is 76.5 Å². The van der Waals surface area contributed by atoms with Gasteiger partial charge in [0.2, 0.25) is 0 Å². The van der Waals surface area contributed by atoms with Gasteiger partial charge in [0.25, 0.3) is 5.91 Å². The third-order valence-corrected chi connectivity index (χ3v) is 6.47. The van der Waals surface area contributed by atoms with Crippen molar-refractivity contribution in [2.24, 2.45) is 0 Å². The Morgan fingerprint density at radius 3 is 2.52 bits per heavy atom. The average molecular weight is 585 g/mol. The van der Waals surface area contributed by atoms with Gasteiger partial charge in [0.15, 0.2) is 5.75 Å². The fourth-order valence-corrected chi connectivity index (χ4v) is 4.46. The number of benzene rings is 3. The molecule has 0 bridgehead atoms. The van der Waals surface area contributed by atoms with Crippen LogP contribution >= 0.6 is 62.3 Å². The number of nitrogens with zero attached hydrogens (tertiary/aromatic N) is 1. The van der Waals surface area contributed by atoms with E-state index in [1.165, 1.54) is 6.08 Å². The molecule has 0 heterocycles. The van der Waals surface area contributed by atoms with Crippen LogP contribution in [0.3, 0.4) is 0 Å². The summed E-state index contributed by atoms with van der Waals surface area (Å²) in [5.74, 6) is -0.162. The van der Waals surface area contributed by atoms with Crippen LogP contribution in [0.25, 0.3) is 6.08 Å². The molecular weight excluding hydrogens is 570 g/mol. The number of hydrogen-bond donors (Lipinski definition) is 1. The maximum Gasteiger partial charge on any atom is 0.266 e. The van der Waals surface area contributed by atoms with Gasteiger partial charge in [-0.25, -0.2) is 0 Å². The molecule has 0 aliphatic heterocycles. The number of anilines is 1. The molecule has 33 heavy (non-hydrogen) atoms. The molecule has 0 aliphatic carbocycles. The highest BCUT2D eigenvalue weighted by Gasteiger charge is 2.15. The summed E-state index contributed by atoms with van der Waals surface area (Å²) in [7, 11) is 0. The summed E-state index contributed by atoms with van der Waals surface area (Å²) in [6.07, 6.45) is 1.44. The van der Waals surface area contributed by atoms with Gasteiger partial charge in [-0.3, -0.25) is 4.79 Å². The molecule has 4 nitrogen and oxygen atoms in total. The van der Waals surface area contributed by atoms with Crippen LogP contribution < -0.4 is 10.1 Å². The predicted molar refractivity (Wildman–Crippen MR) is 138 cm³/mol. The van der Waals surface area contributed by atoms with E-state index < -0.39 is 5.91 Å². The van der Waals surface area contributed by atoms with Crippen molar-refractivity contribution in [3.8, 4) is 11.8 Å². The Morgan fingerprint density at radius 2 is 1.85 bits per heavy atom. The Kier molecular flexibility index (Phi) is 8.69. The Labute approximate surface area is 219 Å². The first kappa shape index (κ1) is 25.4. The summed E-state index contributed by atoms with van der Waals surface area (Å²) in [6.45, 7) is 1.95. The Bertz CT molecular complexity index is 1280. The molecule has 168 valence electrons. The topological polar surface area (TPSA) is 62.1 Å². The maximum absolute atomic E-state index is 12.6. The van der Waals surface area contributed by atoms with Gasteiger partial charge in [0, 0.05) is 26.3 Å². The molecule has 0 atom stereocenters. The number of rotatable bonds is 6. The summed E-state index contributed by atoms with van der Waals surface area (Å²) < 4.78 is 6.38. The van der Waals surface area contributed by atoms with E-state index in [1.54, 1.807) is 55.5 Å². The lowest BCUT2D eigenvalue weighted by atomic mass is 10.1. The smallest absolute Gasteiger partial charge is 0.266 e. The van der Waals surface area contributed by atoms with Crippen molar-refractivity contribution in [2.45, 2.75) is 13.5 Å². The van der Waals surface area contributed by atoms with Crippen LogP contribution in [0, 0.1) is 18.3 Å². The van der Waals surface area contributed by atoms with E-state index in [0.29, 0.717) is 47.1 Å². The number of nitrogens with one attached hydrogen (secondary N) is 1. The van der Waals surface area contributed by atoms with Crippen LogP contribution in [0.15, 0.2) is 58.6 Å². The van der Waals surface area contributed by atoms with E-state index in [-0.39, 0.29) is 12.2 Å². The van der Waals surface area contributed by atoms with Gasteiger partial charge in [-0.1, -0.05) is 58.5 Å². The van der Waals surface area contributed by atoms with Crippen molar-refractivity contribution in [3.63, 3.8) is 0 Å². The molecule has 0 spiro atoms. The van der Waals surface area contributed by atoms with Gasteiger partial charge in [-0.15, -0.1) is 0 Å². The molecule has 0 aromatic heterocycles. The number of amides is 1. The predicted octanol–water partition coefficient (Wildman–Crippen LogP) is 8.50. The summed E-state index contributed by atoms with van der Waals surface area (Å²) in [5.41, 5.74) is 2.42. The Balaban J connectivity index is 1.80. The van der Waals surface area contributed by atoms with Crippen molar-refractivity contribution >= 4 is 80.0 Å². The van der Waals surface area contributed by atoms with Crippen LogP contribution in [-0.4, -0.2) is 5.91 Å². The minimum absolute atomic E-state index is 0.0982. The summed E-state index contributed by atoms with van der Waals surface area (Å²) in [6, 6.07) is 15.5. The minimum atomic E-state index is -0.562. The molecule has 9 heteroatoms. The Morgan fingerprint density at radius 1 is 1.09 bits per heavy atom. The number of nitriles is 1. The number of halogens is 5. The van der Waals surface area contributed by atoms with Gasteiger partial charge >= 0.3 is 0 Å². The van der Waals surface area contributed by atoms with Gasteiger partial charge in [0.05, 0.1) is 9.50 Å². The second-order valence-electron chi connectivity index (χ2n) is 6.87. The number of carbonyl (C=O) groups excluding carboxylic acids is 1. The Hall–Kier alpha value is -2.20. The molecule has 1 N–H and O–H groups in total. The highest BCUT2D eigenvalue weighted by molar-refractivity contribution is 9.10. The van der Waals surface area contributed by atoms with Crippen LogP contribution in [0.5, 0.6) is 5.75 Å². The number of carbonyl (C=O) groups is 1. The minimum Gasteiger partial charge on any atom is -0.486 e. The lowest BCUT2D eigenvalue weighted by Gasteiger charge is -2.12. The second-order valence-corrected chi connectivity index (χ2v) is 9.39. The largest absolute Gasteiger partial charge is 0.486 e. The molecule has 3 aromatic carbocycles. The van der Waals surface area contributed by atoms with Crippen molar-refractivity contribution in [1.29, 1.82) is 5.26 Å². The van der Waals surface area contributed by atoms with Crippen molar-refractivity contribution in [3.05, 3.63) is 95.4 Å². The van der Waals surface area contributed by atoms with Gasteiger partial charge in [0.1, 0.15) is 18.2 Å². The quantitative estimate of drug-likeness (QED) is 0.233. The normalized spacial score (nSPS) is 11.1. The SMILES string of the molecule is Cc1c(Cl)cccc1NC(=O)/C(C#N)=C\c1cc(Cl)c(OCc2ccc(Cl)cc2Cl)c(Br)c1. The molecule has 3 rings (SSSR count). The lowest BCUT2D eigenvalue weighted by molar-refractivity contribution is -0.112. The second kappa shape index (κ2) is 11.3. The molecule has 0 fully saturated rings. The number of hydrogen-bond acceptors (Lipinski definition) is 3. The maximum atomic E-state index is 12.6. The zero-order valence-corrected chi connectivity index (χ0v) is 21.7. The van der Waals surface area contributed by atoms with Gasteiger partial charge in [-0.2, -0.15) is 5.26 Å². The van der Waals surface area contributed by atoms with Crippen LogP contribution in [0.1, 0.15) is 16.7 Å². The third-order valence-electron chi connectivity index (χ3n) is 4.60. The van der Waals surface area contributed by atoms with E-state index in [9.17, 15) is 10.1 Å². The van der Waals surface area contributed by atoms with Crippen molar-refractivity contribution in [1.82, 2.24) is 0 Å². The van der Waals surface area contributed by atoms with Gasteiger partial charge < -0.3 is 10.1 Å². The number of ether oxygens (including phenoxy) is 1. The summed E-state index contributed by atoms with van der Waals surface area (Å²) >= 11 is 28.0. The van der Waals surface area contributed by atoms with Crippen molar-refractivity contribution in [2.75, 3.05) is 5.32 Å². The molecule has 1 amide bonds. The monoisotopic (exact) mass is 582 g/mol. The van der Waals surface area contributed by atoms with Crippen molar-refractivity contribution < 1.29 is 9.53 Å². The molecule has 0 aliphatic rings. The molecule has 0 unspecified atom stereocenters. The first-order valence-corrected chi connectivity index (χ1v) is 11.7. The first-order valence-electron chi connectivity index (χ1n) is 9.43. The molecule has 3 aromatic rings. The van der Waals surface area contributed by atoms with Crippen LogP contribution in [0.4, 0.5) is 5.69 Å². The molecule has 0 radical (unpaired) electrons. The molecule has 0 saturated heterocycles. The van der Waals surface area contributed by atoms with Crippen LogP contribution in [-0.2, 0) is 11.4 Å². The van der Waals surface area contributed by atoms with E-state index in [2.05, 4.69) is 21.2 Å². The fourth-order valence-electron chi connectivity index (χ4n) is 2.84. The standard InChI is InChI=1S/C24H15BrCl4N2O2/c1-13-19(27)3-2-4-22(13)31-24(32)16(11-30)7-14-8-18(25)23(21(29)9-14)33-12-15-5-6-17(26)10-20(15)28/h2-10H,12H2,1H3,(H,31,32)/b16-7-. The molecule has 0 saturated carbocycles. The third kappa shape index (κ3) is 6.44. The highest BCUT2D eigenvalue weighted by atomic mass is 79.9. The molecular formula is C24H15BrCl4N2O2. The zero-order chi connectivity index (χ0) is 24.1. The summed E-state index contributed by atoms with van der Waals surface area (Å²) in [4.78, 5) is 12.6. The van der Waals surface area contributed by atoms with Crippen LogP contribution in [0.2, 0.25) is 20.1 Å². The lowest BCUT2D eigenvalue weighted by Crippen LogP contribution is -2.14. The van der Waals surface area contributed by atoms with E-state index in [4.69, 9.17) is 51.1 Å². The van der Waals surface area contributed by atoms with E-state index in [0.717, 1.165) is 5.56 Å². The fraction of sp³-hybridized carbons (Fsp3) is 0.0833. The zero-order valence-electron chi connectivity index (χ0n) is 17.1. The van der Waals surface area contributed by atoms with E-state index >= 15 is 0 Å².